The third-order valence-corrected chi connectivity index (χ3v) is 8.15. The van der Waals surface area contributed by atoms with Gasteiger partial charge in [-0.05, 0) is 0 Å². The van der Waals surface area contributed by atoms with Gasteiger partial charge in [-0.3, -0.25) is 0 Å². The molecule has 11 N–H and O–H groups in total. The molecule has 0 aliphatic carbocycles. The number of piperidine rings is 1. The summed E-state index contributed by atoms with van der Waals surface area (Å²) >= 11 is 0. The quantitative estimate of drug-likeness (QED) is 0.111. The van der Waals surface area contributed by atoms with Crippen LogP contribution >= 0.6 is 8.17 Å². The molecule has 0 bridgehead atoms. The second-order valence-electron chi connectivity index (χ2n) is 9.64. The molecule has 0 amide bonds. The van der Waals surface area contributed by atoms with Gasteiger partial charge in [-0.15, -0.1) is 0 Å². The summed E-state index contributed by atoms with van der Waals surface area (Å²) < 4.78 is 22.2. The summed E-state index contributed by atoms with van der Waals surface area (Å²) in [5, 5.41) is 44.4. The number of hydrazine groups is 3. The minimum atomic E-state index is -4.72. The number of aliphatic hydroxyl groups excluding tert-OH is 4. The Balaban J connectivity index is 1.28. The average Bonchev–Trinajstić information content (AvgIpc) is 3.27. The number of β-amino-alcohol motifs (C(OH)–C–C–N with tert-alkyl or cyclic N) is 1. The number of hydrogen-bond donors (Lipinski definition) is 9. The van der Waals surface area contributed by atoms with Crippen molar-refractivity contribution < 1.29 is 48.7 Å². The second kappa shape index (κ2) is 11.3. The fourth-order valence-corrected chi connectivity index (χ4v) is 6.35. The molecule has 10 unspecified atom stereocenters. The van der Waals surface area contributed by atoms with Crippen molar-refractivity contribution in [2.45, 2.75) is 75.1 Å². The van der Waals surface area contributed by atoms with E-state index in [9.17, 15) is 30.2 Å². The maximum atomic E-state index is 10.8. The first-order chi connectivity index (χ1) is 16.4. The second-order valence-corrected chi connectivity index (χ2v) is 11.3. The van der Waals surface area contributed by atoms with E-state index in [1.165, 1.54) is 15.0 Å². The van der Waals surface area contributed by atoms with Crippen molar-refractivity contribution in [2.24, 2.45) is 17.6 Å². The summed E-state index contributed by atoms with van der Waals surface area (Å²) in [6.45, 7) is 2.82. The van der Waals surface area contributed by atoms with Gasteiger partial charge >= 0.3 is 203 Å². The van der Waals surface area contributed by atoms with E-state index < -0.39 is 63.5 Å². The molecule has 0 aromatic rings. The van der Waals surface area contributed by atoms with E-state index >= 15 is 0 Å². The summed E-state index contributed by atoms with van der Waals surface area (Å²) in [7, 11) is -4.72. The first kappa shape index (κ1) is 27.8. The van der Waals surface area contributed by atoms with E-state index in [1.807, 2.05) is 0 Å². The van der Waals surface area contributed by atoms with E-state index in [-0.39, 0.29) is 25.5 Å². The Hall–Kier alpha value is -0.210. The van der Waals surface area contributed by atoms with Crippen molar-refractivity contribution >= 4 is 8.17 Å². The van der Waals surface area contributed by atoms with E-state index in [0.717, 1.165) is 0 Å². The Morgan fingerprint density at radius 1 is 1.06 bits per heavy atom. The summed E-state index contributed by atoms with van der Waals surface area (Å²) in [6, 6.07) is 0. The summed E-state index contributed by atoms with van der Waals surface area (Å²) in [4.78, 5) is 22.3. The molecule has 0 aromatic carbocycles. The topological polar surface area (TPSA) is 232 Å². The normalized spacial score (nSPS) is 45.3. The standard InChI is InChI=1S/C18H39N6O10P/c1-9-15(14(27)16(32-9)11-2-3-22(19)7-13(11)26)34-35(29,30)31-8-10-6-12(25)17(33-10)23-4-5-24(20)21-18(23)28/h9-18,21,25-30,35H,2-8,19-20H2,1H3. The van der Waals surface area contributed by atoms with Crippen LogP contribution in [0, 0.1) is 5.92 Å². The van der Waals surface area contributed by atoms with Gasteiger partial charge in [-0.2, -0.15) is 0 Å². The molecular weight excluding hydrogens is 491 g/mol. The molecule has 17 heteroatoms. The van der Waals surface area contributed by atoms with Crippen molar-refractivity contribution in [1.29, 1.82) is 0 Å². The molecule has 0 saturated carbocycles. The Morgan fingerprint density at radius 2 is 1.80 bits per heavy atom. The zero-order valence-electron chi connectivity index (χ0n) is 19.5. The fraction of sp³-hybridized carbons (Fsp3) is 1.00. The van der Waals surface area contributed by atoms with Crippen LogP contribution < -0.4 is 17.1 Å². The van der Waals surface area contributed by atoms with E-state index in [4.69, 9.17) is 30.2 Å². The molecule has 0 spiro atoms. The molecule has 4 rings (SSSR count). The monoisotopic (exact) mass is 530 g/mol. The molecule has 0 radical (unpaired) electrons. The Morgan fingerprint density at radius 3 is 2.49 bits per heavy atom. The van der Waals surface area contributed by atoms with Gasteiger partial charge < -0.3 is 0 Å². The molecule has 16 nitrogen and oxygen atoms in total. The van der Waals surface area contributed by atoms with Crippen LogP contribution in [0.4, 0.5) is 0 Å². The molecule has 4 heterocycles. The van der Waals surface area contributed by atoms with Crippen LogP contribution in [-0.4, -0.2) is 133 Å². The van der Waals surface area contributed by atoms with Crippen molar-refractivity contribution in [3.63, 3.8) is 0 Å². The number of aliphatic hydroxyl groups is 4. The van der Waals surface area contributed by atoms with Crippen LogP contribution in [0.1, 0.15) is 19.8 Å². The van der Waals surface area contributed by atoms with Gasteiger partial charge in [0.05, 0.1) is 0 Å². The van der Waals surface area contributed by atoms with Crippen molar-refractivity contribution in [3.8, 4) is 0 Å². The van der Waals surface area contributed by atoms with Gasteiger partial charge in [0.2, 0.25) is 0 Å². The van der Waals surface area contributed by atoms with Gasteiger partial charge in [0.15, 0.2) is 0 Å². The molecule has 4 aliphatic rings. The first-order valence-electron chi connectivity index (χ1n) is 11.8. The zero-order valence-corrected chi connectivity index (χ0v) is 20.5. The zero-order chi connectivity index (χ0) is 25.5. The minimum absolute atomic E-state index is 0.135. The van der Waals surface area contributed by atoms with Crippen molar-refractivity contribution in [1.82, 2.24) is 20.5 Å². The number of ether oxygens (including phenoxy) is 2. The Labute approximate surface area is 203 Å². The average molecular weight is 531 g/mol. The first-order valence-corrected chi connectivity index (χ1v) is 13.5. The third kappa shape index (κ3) is 6.45. The fourth-order valence-electron chi connectivity index (χ4n) is 5.19. The van der Waals surface area contributed by atoms with Crippen LogP contribution in [0.5, 0.6) is 0 Å². The number of rotatable bonds is 7. The molecule has 206 valence electrons. The van der Waals surface area contributed by atoms with E-state index in [0.29, 0.717) is 26.1 Å². The van der Waals surface area contributed by atoms with Crippen LogP contribution in [0.15, 0.2) is 0 Å². The van der Waals surface area contributed by atoms with Crippen molar-refractivity contribution in [3.05, 3.63) is 0 Å². The number of nitrogens with zero attached hydrogens (tertiary/aromatic N) is 3. The van der Waals surface area contributed by atoms with Crippen LogP contribution in [0.25, 0.3) is 0 Å². The predicted octanol–water partition coefficient (Wildman–Crippen LogP) is -4.76. The molecule has 4 saturated heterocycles. The Kier molecular flexibility index (Phi) is 8.95. The van der Waals surface area contributed by atoms with Crippen molar-refractivity contribution in [2.75, 3.05) is 32.8 Å². The maximum absolute atomic E-state index is 10.8. The van der Waals surface area contributed by atoms with Gasteiger partial charge in [0.25, 0.3) is 0 Å². The summed E-state index contributed by atoms with van der Waals surface area (Å²) in [5.74, 6) is 10.9. The van der Waals surface area contributed by atoms with Crippen LogP contribution in [0.3, 0.4) is 0 Å². The van der Waals surface area contributed by atoms with E-state index in [2.05, 4.69) is 5.43 Å². The Bertz CT molecular complexity index is 717. The molecule has 4 aliphatic heterocycles. The van der Waals surface area contributed by atoms with Gasteiger partial charge in [-0.1, -0.05) is 0 Å². The van der Waals surface area contributed by atoms with Gasteiger partial charge in [0, 0.05) is 0 Å². The molecule has 0 aromatic heterocycles. The van der Waals surface area contributed by atoms with E-state index in [1.54, 1.807) is 6.92 Å². The summed E-state index contributed by atoms with van der Waals surface area (Å²) in [6.07, 6.45) is -7.55. The number of nitrogens with one attached hydrogen (secondary N) is 1. The predicted molar refractivity (Wildman–Crippen MR) is 120 cm³/mol. The summed E-state index contributed by atoms with van der Waals surface area (Å²) in [5.41, 5.74) is 2.60. The molecule has 10 atom stereocenters. The molecular formula is C18H39N6O10P. The number of hydrogen-bond acceptors (Lipinski definition) is 16. The SMILES string of the molecule is CC1OC(C2CCN(N)CC2O)C(O)C1O[PH](O)(O)OCC1CC(O)C(N2CCN(N)NC2O)O1. The van der Waals surface area contributed by atoms with Crippen LogP contribution in [-0.2, 0) is 18.5 Å². The molecule has 4 fully saturated rings. The third-order valence-electron chi connectivity index (χ3n) is 7.03. The van der Waals surface area contributed by atoms with Gasteiger partial charge in [-0.25, -0.2) is 0 Å². The number of nitrogens with two attached hydrogens (primary N) is 2. The van der Waals surface area contributed by atoms with Crippen LogP contribution in [0.2, 0.25) is 0 Å². The van der Waals surface area contributed by atoms with Gasteiger partial charge in [0.1, 0.15) is 0 Å². The molecule has 35 heavy (non-hydrogen) atoms.